The molecular weight excluding hydrogens is 279 g/mol. The molecule has 1 aromatic carbocycles. The number of aliphatic hydroxyl groups is 1. The summed E-state index contributed by atoms with van der Waals surface area (Å²) in [5.41, 5.74) is 1.63. The number of pyridine rings is 1. The highest BCUT2D eigenvalue weighted by atomic mass is 19.4. The van der Waals surface area contributed by atoms with Crippen molar-refractivity contribution in [3.63, 3.8) is 0 Å². The molecule has 1 aliphatic rings. The second kappa shape index (κ2) is 4.56. The van der Waals surface area contributed by atoms with Crippen LogP contribution in [-0.4, -0.2) is 10.1 Å². The number of hydrogen-bond acceptors (Lipinski definition) is 2. The minimum Gasteiger partial charge on any atom is -0.385 e. The van der Waals surface area contributed by atoms with Crippen LogP contribution in [0.1, 0.15) is 30.0 Å². The quantitative estimate of drug-likeness (QED) is 0.864. The molecule has 1 atom stereocenters. The number of rotatable bonds is 1. The number of benzene rings is 1. The van der Waals surface area contributed by atoms with E-state index < -0.39 is 17.3 Å². The molecule has 0 radical (unpaired) electrons. The van der Waals surface area contributed by atoms with Crippen LogP contribution in [0.5, 0.6) is 0 Å². The topological polar surface area (TPSA) is 33.1 Å². The lowest BCUT2D eigenvalue weighted by Gasteiger charge is -2.17. The summed E-state index contributed by atoms with van der Waals surface area (Å²) in [6.07, 6.45) is 0.237. The summed E-state index contributed by atoms with van der Waals surface area (Å²) in [5, 5.41) is 10.3. The number of nitrogens with zero attached hydrogens (tertiary/aromatic N) is 1. The number of aromatic nitrogens is 1. The second-order valence-electron chi connectivity index (χ2n) is 5.56. The normalized spacial score (nSPS) is 21.4. The largest absolute Gasteiger partial charge is 0.416 e. The van der Waals surface area contributed by atoms with Crippen LogP contribution in [0.2, 0.25) is 0 Å². The summed E-state index contributed by atoms with van der Waals surface area (Å²) in [4.78, 5) is 4.12. The van der Waals surface area contributed by atoms with Crippen molar-refractivity contribution in [1.29, 1.82) is 0 Å². The van der Waals surface area contributed by atoms with Crippen LogP contribution in [-0.2, 0) is 18.2 Å². The van der Waals surface area contributed by atoms with Gasteiger partial charge in [-0.05, 0) is 43.0 Å². The van der Waals surface area contributed by atoms with E-state index in [4.69, 9.17) is 0 Å². The van der Waals surface area contributed by atoms with E-state index in [0.717, 1.165) is 28.8 Å². The van der Waals surface area contributed by atoms with Gasteiger partial charge in [-0.3, -0.25) is 4.98 Å². The molecule has 2 nitrogen and oxygen atoms in total. The monoisotopic (exact) mass is 293 g/mol. The molecule has 0 spiro atoms. The Morgan fingerprint density at radius 1 is 1.14 bits per heavy atom. The lowest BCUT2D eigenvalue weighted by molar-refractivity contribution is -0.137. The zero-order valence-electron chi connectivity index (χ0n) is 11.4. The average Bonchev–Trinajstić information content (AvgIpc) is 2.74. The fourth-order valence-corrected chi connectivity index (χ4v) is 2.81. The predicted octanol–water partition coefficient (Wildman–Crippen LogP) is 3.92. The van der Waals surface area contributed by atoms with E-state index in [1.165, 1.54) is 12.1 Å². The highest BCUT2D eigenvalue weighted by Gasteiger charge is 2.34. The first-order chi connectivity index (χ1) is 9.79. The Kier molecular flexibility index (Phi) is 3.06. The van der Waals surface area contributed by atoms with Gasteiger partial charge in [0.2, 0.25) is 0 Å². The van der Waals surface area contributed by atoms with Crippen LogP contribution in [0.4, 0.5) is 13.2 Å². The van der Waals surface area contributed by atoms with Crippen molar-refractivity contribution >= 4 is 0 Å². The molecule has 110 valence electrons. The molecule has 0 amide bonds. The maximum absolute atomic E-state index is 12.6. The van der Waals surface area contributed by atoms with Gasteiger partial charge < -0.3 is 5.11 Å². The van der Waals surface area contributed by atoms with E-state index in [-0.39, 0.29) is 0 Å². The van der Waals surface area contributed by atoms with Crippen LogP contribution in [0.25, 0.3) is 11.1 Å². The first-order valence-corrected chi connectivity index (χ1v) is 6.66. The Morgan fingerprint density at radius 3 is 2.43 bits per heavy atom. The Labute approximate surface area is 120 Å². The molecule has 3 rings (SSSR count). The zero-order chi connectivity index (χ0) is 15.3. The van der Waals surface area contributed by atoms with E-state index in [9.17, 15) is 18.3 Å². The third kappa shape index (κ3) is 2.42. The van der Waals surface area contributed by atoms with Gasteiger partial charge in [-0.25, -0.2) is 0 Å². The van der Waals surface area contributed by atoms with E-state index in [1.807, 2.05) is 0 Å². The van der Waals surface area contributed by atoms with Crippen molar-refractivity contribution in [2.75, 3.05) is 0 Å². The van der Waals surface area contributed by atoms with Gasteiger partial charge in [0, 0.05) is 23.5 Å². The average molecular weight is 293 g/mol. The van der Waals surface area contributed by atoms with Gasteiger partial charge in [-0.2, -0.15) is 13.2 Å². The van der Waals surface area contributed by atoms with Crippen LogP contribution in [0, 0.1) is 0 Å². The summed E-state index contributed by atoms with van der Waals surface area (Å²) in [6.45, 7) is 1.73. The van der Waals surface area contributed by atoms with Crippen LogP contribution < -0.4 is 0 Å². The Balaban J connectivity index is 2.05. The molecule has 5 heteroatoms. The van der Waals surface area contributed by atoms with Crippen LogP contribution in [0.3, 0.4) is 0 Å². The third-order valence-corrected chi connectivity index (χ3v) is 4.02. The van der Waals surface area contributed by atoms with Crippen molar-refractivity contribution in [3.05, 3.63) is 53.3 Å². The number of hydrogen-bond donors (Lipinski definition) is 1. The van der Waals surface area contributed by atoms with Crippen molar-refractivity contribution < 1.29 is 18.3 Å². The summed E-state index contributed by atoms with van der Waals surface area (Å²) in [6, 6.07) is 5.05. The lowest BCUT2D eigenvalue weighted by Crippen LogP contribution is -2.16. The molecular formula is C16H14F3NO. The van der Waals surface area contributed by atoms with Gasteiger partial charge in [-0.15, -0.1) is 0 Å². The molecule has 1 N–H and O–H groups in total. The highest BCUT2D eigenvalue weighted by Crippen LogP contribution is 2.41. The minimum absolute atomic E-state index is 0.599. The summed E-state index contributed by atoms with van der Waals surface area (Å²) >= 11 is 0. The number of fused-ring (bicyclic) bond motifs is 1. The fraction of sp³-hybridized carbons (Fsp3) is 0.312. The second-order valence-corrected chi connectivity index (χ2v) is 5.56. The van der Waals surface area contributed by atoms with E-state index in [1.54, 1.807) is 19.3 Å². The zero-order valence-corrected chi connectivity index (χ0v) is 11.4. The number of halogens is 3. The van der Waals surface area contributed by atoms with Crippen molar-refractivity contribution in [3.8, 4) is 11.1 Å². The highest BCUT2D eigenvalue weighted by molar-refractivity contribution is 5.69. The standard InChI is InChI=1S/C16H14F3NO/c1-15(21)7-6-12-13(8-20-9-14(12)15)10-2-4-11(5-3-10)16(17,18)19/h2-5,8-9,21H,6-7H2,1H3. The van der Waals surface area contributed by atoms with Gasteiger partial charge in [0.1, 0.15) is 0 Å². The molecule has 0 fully saturated rings. The summed E-state index contributed by atoms with van der Waals surface area (Å²) in [5.74, 6) is 0. The summed E-state index contributed by atoms with van der Waals surface area (Å²) < 4.78 is 37.8. The molecule has 0 saturated carbocycles. The van der Waals surface area contributed by atoms with Gasteiger partial charge >= 0.3 is 6.18 Å². The Morgan fingerprint density at radius 2 is 1.81 bits per heavy atom. The van der Waals surface area contributed by atoms with Gasteiger partial charge in [0.05, 0.1) is 11.2 Å². The molecule has 1 aliphatic carbocycles. The summed E-state index contributed by atoms with van der Waals surface area (Å²) in [7, 11) is 0. The Hall–Kier alpha value is -1.88. The molecule has 1 aromatic heterocycles. The van der Waals surface area contributed by atoms with Crippen LogP contribution in [0.15, 0.2) is 36.7 Å². The number of alkyl halides is 3. The van der Waals surface area contributed by atoms with Crippen LogP contribution >= 0.6 is 0 Å². The van der Waals surface area contributed by atoms with Gasteiger partial charge in [0.15, 0.2) is 0 Å². The van der Waals surface area contributed by atoms with E-state index >= 15 is 0 Å². The van der Waals surface area contributed by atoms with Crippen molar-refractivity contribution in [2.24, 2.45) is 0 Å². The molecule has 0 aliphatic heterocycles. The first kappa shape index (κ1) is 14.1. The molecule has 1 unspecified atom stereocenters. The fourth-order valence-electron chi connectivity index (χ4n) is 2.81. The maximum atomic E-state index is 12.6. The maximum Gasteiger partial charge on any atom is 0.416 e. The van der Waals surface area contributed by atoms with E-state index in [2.05, 4.69) is 4.98 Å². The first-order valence-electron chi connectivity index (χ1n) is 6.66. The third-order valence-electron chi connectivity index (χ3n) is 4.02. The molecule has 1 heterocycles. The Bertz CT molecular complexity index is 675. The molecule has 0 bridgehead atoms. The predicted molar refractivity (Wildman–Crippen MR) is 72.6 cm³/mol. The smallest absolute Gasteiger partial charge is 0.385 e. The molecule has 21 heavy (non-hydrogen) atoms. The minimum atomic E-state index is -4.33. The molecule has 0 saturated heterocycles. The lowest BCUT2D eigenvalue weighted by atomic mass is 9.96. The van der Waals surface area contributed by atoms with Gasteiger partial charge in [-0.1, -0.05) is 12.1 Å². The SMILES string of the molecule is CC1(O)CCc2c(-c3ccc(C(F)(F)F)cc3)cncc21. The van der Waals surface area contributed by atoms with E-state index in [0.29, 0.717) is 18.4 Å². The molecule has 2 aromatic rings. The van der Waals surface area contributed by atoms with Gasteiger partial charge in [0.25, 0.3) is 0 Å². The van der Waals surface area contributed by atoms with Crippen molar-refractivity contribution in [1.82, 2.24) is 4.98 Å². The van der Waals surface area contributed by atoms with Crippen molar-refractivity contribution in [2.45, 2.75) is 31.5 Å².